The van der Waals surface area contributed by atoms with Crippen LogP contribution in [0.15, 0.2) is 12.3 Å². The second-order valence-electron chi connectivity index (χ2n) is 4.95. The summed E-state index contributed by atoms with van der Waals surface area (Å²) in [4.78, 5) is 9.20. The standard InChI is InChI=1S/C14H23N3S2/c1-4-6-15-8-12-5-7-16-14(17-12)13-9-18-10(2)11(3)19-13/h5,7,10-11,13,15H,4,6,8-9H2,1-3H3. The van der Waals surface area contributed by atoms with E-state index < -0.39 is 0 Å². The quantitative estimate of drug-likeness (QED) is 0.844. The first kappa shape index (κ1) is 15.1. The molecule has 19 heavy (non-hydrogen) atoms. The van der Waals surface area contributed by atoms with E-state index in [1.165, 1.54) is 0 Å². The fraction of sp³-hybridized carbons (Fsp3) is 0.714. The van der Waals surface area contributed by atoms with Crippen LogP contribution < -0.4 is 5.32 Å². The molecule has 5 heteroatoms. The monoisotopic (exact) mass is 297 g/mol. The number of aromatic nitrogens is 2. The van der Waals surface area contributed by atoms with E-state index in [0.717, 1.165) is 42.0 Å². The molecule has 3 unspecified atom stereocenters. The van der Waals surface area contributed by atoms with Crippen molar-refractivity contribution < 1.29 is 0 Å². The van der Waals surface area contributed by atoms with Crippen molar-refractivity contribution in [2.24, 2.45) is 0 Å². The first-order valence-corrected chi connectivity index (χ1v) is 8.99. The topological polar surface area (TPSA) is 37.8 Å². The summed E-state index contributed by atoms with van der Waals surface area (Å²) in [7, 11) is 0. The molecule has 3 atom stereocenters. The Bertz CT molecular complexity index is 400. The van der Waals surface area contributed by atoms with Gasteiger partial charge in [-0.1, -0.05) is 20.8 Å². The molecule has 2 heterocycles. The highest BCUT2D eigenvalue weighted by molar-refractivity contribution is 8.07. The molecule has 0 bridgehead atoms. The molecule has 1 aliphatic rings. The van der Waals surface area contributed by atoms with E-state index in [9.17, 15) is 0 Å². The fourth-order valence-corrected chi connectivity index (χ4v) is 4.83. The molecule has 2 rings (SSSR count). The molecule has 0 spiro atoms. The van der Waals surface area contributed by atoms with Gasteiger partial charge in [0.1, 0.15) is 5.82 Å². The lowest BCUT2D eigenvalue weighted by atomic mass is 10.3. The zero-order chi connectivity index (χ0) is 13.7. The minimum atomic E-state index is 0.447. The van der Waals surface area contributed by atoms with Gasteiger partial charge in [-0.3, -0.25) is 0 Å². The summed E-state index contributed by atoms with van der Waals surface area (Å²) in [5.41, 5.74) is 1.11. The summed E-state index contributed by atoms with van der Waals surface area (Å²) in [6, 6.07) is 2.01. The van der Waals surface area contributed by atoms with Crippen molar-refractivity contribution >= 4 is 23.5 Å². The van der Waals surface area contributed by atoms with Crippen LogP contribution in [0.2, 0.25) is 0 Å². The van der Waals surface area contributed by atoms with Crippen LogP contribution in [-0.4, -0.2) is 32.8 Å². The predicted octanol–water partition coefficient (Wildman–Crippen LogP) is 3.27. The van der Waals surface area contributed by atoms with Crippen molar-refractivity contribution in [1.29, 1.82) is 0 Å². The Balaban J connectivity index is 1.98. The van der Waals surface area contributed by atoms with Crippen LogP contribution in [0.25, 0.3) is 0 Å². The number of hydrogen-bond acceptors (Lipinski definition) is 5. The van der Waals surface area contributed by atoms with E-state index in [2.05, 4.69) is 31.1 Å². The van der Waals surface area contributed by atoms with E-state index in [1.54, 1.807) is 0 Å². The third-order valence-corrected chi connectivity index (χ3v) is 6.69. The molecule has 0 radical (unpaired) electrons. The number of nitrogens with one attached hydrogen (secondary N) is 1. The molecule has 1 aromatic heterocycles. The summed E-state index contributed by atoms with van der Waals surface area (Å²) in [5, 5.41) is 5.25. The Kier molecular flexibility index (Phi) is 5.98. The highest BCUT2D eigenvalue weighted by atomic mass is 32.2. The van der Waals surface area contributed by atoms with Crippen LogP contribution in [0.3, 0.4) is 0 Å². The van der Waals surface area contributed by atoms with Gasteiger partial charge >= 0.3 is 0 Å². The van der Waals surface area contributed by atoms with Gasteiger partial charge in [-0.2, -0.15) is 11.8 Å². The van der Waals surface area contributed by atoms with Gasteiger partial charge in [0.15, 0.2) is 0 Å². The predicted molar refractivity (Wildman–Crippen MR) is 85.7 cm³/mol. The van der Waals surface area contributed by atoms with Gasteiger partial charge in [0.05, 0.1) is 10.9 Å². The second-order valence-corrected chi connectivity index (χ2v) is 7.95. The van der Waals surface area contributed by atoms with Crippen LogP contribution in [0, 0.1) is 0 Å². The van der Waals surface area contributed by atoms with E-state index in [0.29, 0.717) is 10.5 Å². The second kappa shape index (κ2) is 7.50. The van der Waals surface area contributed by atoms with Gasteiger partial charge < -0.3 is 5.32 Å². The lowest BCUT2D eigenvalue weighted by Crippen LogP contribution is -2.23. The third kappa shape index (κ3) is 4.36. The normalized spacial score (nSPS) is 27.4. The van der Waals surface area contributed by atoms with Gasteiger partial charge in [0.25, 0.3) is 0 Å². The van der Waals surface area contributed by atoms with Crippen molar-refractivity contribution in [2.75, 3.05) is 12.3 Å². The summed E-state index contributed by atoms with van der Waals surface area (Å²) < 4.78 is 0. The molecule has 0 saturated carbocycles. The van der Waals surface area contributed by atoms with Gasteiger partial charge in [0.2, 0.25) is 0 Å². The van der Waals surface area contributed by atoms with Crippen LogP contribution in [0.1, 0.15) is 44.0 Å². The summed E-state index contributed by atoms with van der Waals surface area (Å²) in [5.74, 6) is 2.13. The molecule has 1 fully saturated rings. The number of nitrogens with zero attached hydrogens (tertiary/aromatic N) is 2. The Morgan fingerprint density at radius 3 is 2.95 bits per heavy atom. The average Bonchev–Trinajstić information content (AvgIpc) is 2.43. The fourth-order valence-electron chi connectivity index (χ4n) is 1.98. The lowest BCUT2D eigenvalue weighted by molar-refractivity contribution is 0.658. The molecule has 0 aliphatic carbocycles. The van der Waals surface area contributed by atoms with Crippen LogP contribution in [-0.2, 0) is 6.54 Å². The van der Waals surface area contributed by atoms with Crippen molar-refractivity contribution in [3.63, 3.8) is 0 Å². The number of thioether (sulfide) groups is 2. The van der Waals surface area contributed by atoms with Gasteiger partial charge in [-0.25, -0.2) is 9.97 Å². The van der Waals surface area contributed by atoms with E-state index >= 15 is 0 Å². The maximum atomic E-state index is 4.72. The minimum Gasteiger partial charge on any atom is -0.311 e. The largest absolute Gasteiger partial charge is 0.311 e. The minimum absolute atomic E-state index is 0.447. The Labute approximate surface area is 124 Å². The lowest BCUT2D eigenvalue weighted by Gasteiger charge is -2.30. The average molecular weight is 297 g/mol. The molecule has 3 nitrogen and oxygen atoms in total. The van der Waals surface area contributed by atoms with Gasteiger partial charge in [-0.05, 0) is 19.0 Å². The van der Waals surface area contributed by atoms with E-state index in [1.807, 2.05) is 35.8 Å². The third-order valence-electron chi connectivity index (χ3n) is 3.30. The Morgan fingerprint density at radius 1 is 1.37 bits per heavy atom. The molecule has 1 aliphatic heterocycles. The molecular weight excluding hydrogens is 274 g/mol. The Morgan fingerprint density at radius 2 is 2.21 bits per heavy atom. The zero-order valence-electron chi connectivity index (χ0n) is 11.9. The zero-order valence-corrected chi connectivity index (χ0v) is 13.6. The van der Waals surface area contributed by atoms with Crippen LogP contribution >= 0.6 is 23.5 Å². The highest BCUT2D eigenvalue weighted by Gasteiger charge is 2.28. The van der Waals surface area contributed by atoms with Crippen molar-refractivity contribution in [3.8, 4) is 0 Å². The Hall–Kier alpha value is -0.260. The maximum Gasteiger partial charge on any atom is 0.142 e. The SMILES string of the molecule is CCCNCc1ccnc(C2CSC(C)C(C)S2)n1. The summed E-state index contributed by atoms with van der Waals surface area (Å²) in [6.45, 7) is 8.68. The molecule has 1 saturated heterocycles. The van der Waals surface area contributed by atoms with E-state index in [-0.39, 0.29) is 0 Å². The van der Waals surface area contributed by atoms with Gasteiger partial charge in [0, 0.05) is 29.0 Å². The smallest absolute Gasteiger partial charge is 0.142 e. The summed E-state index contributed by atoms with van der Waals surface area (Å²) >= 11 is 4.06. The number of hydrogen-bond donors (Lipinski definition) is 1. The first-order chi connectivity index (χ1) is 9.20. The molecular formula is C14H23N3S2. The molecule has 106 valence electrons. The van der Waals surface area contributed by atoms with Crippen LogP contribution in [0.5, 0.6) is 0 Å². The molecule has 1 aromatic rings. The van der Waals surface area contributed by atoms with E-state index in [4.69, 9.17) is 4.98 Å². The first-order valence-electron chi connectivity index (χ1n) is 7.00. The van der Waals surface area contributed by atoms with Crippen molar-refractivity contribution in [1.82, 2.24) is 15.3 Å². The van der Waals surface area contributed by atoms with Crippen LogP contribution in [0.4, 0.5) is 0 Å². The molecule has 0 aromatic carbocycles. The maximum absolute atomic E-state index is 4.72. The van der Waals surface area contributed by atoms with Gasteiger partial charge in [-0.15, -0.1) is 11.8 Å². The van der Waals surface area contributed by atoms with Crippen molar-refractivity contribution in [2.45, 2.75) is 49.5 Å². The van der Waals surface area contributed by atoms with Crippen molar-refractivity contribution in [3.05, 3.63) is 23.8 Å². The number of rotatable bonds is 5. The summed E-state index contributed by atoms with van der Waals surface area (Å²) in [6.07, 6.45) is 3.06. The highest BCUT2D eigenvalue weighted by Crippen LogP contribution is 2.43. The molecule has 1 N–H and O–H groups in total. The molecule has 0 amide bonds.